The SMILES string of the molecule is CCOc1ccc(CCCN2CCCNCC2)cc1. The Labute approximate surface area is 116 Å². The van der Waals surface area contributed by atoms with Crippen LogP contribution in [0.5, 0.6) is 5.75 Å². The summed E-state index contributed by atoms with van der Waals surface area (Å²) in [5.41, 5.74) is 1.41. The van der Waals surface area contributed by atoms with E-state index in [1.807, 2.05) is 6.92 Å². The van der Waals surface area contributed by atoms with Crippen LogP contribution in [0.25, 0.3) is 0 Å². The van der Waals surface area contributed by atoms with E-state index in [1.165, 1.54) is 44.6 Å². The number of benzene rings is 1. The lowest BCUT2D eigenvalue weighted by Crippen LogP contribution is -2.29. The van der Waals surface area contributed by atoms with Gasteiger partial charge in [-0.15, -0.1) is 0 Å². The average molecular weight is 262 g/mol. The molecule has 0 aromatic heterocycles. The Hall–Kier alpha value is -1.06. The van der Waals surface area contributed by atoms with Gasteiger partial charge in [0, 0.05) is 13.1 Å². The van der Waals surface area contributed by atoms with E-state index < -0.39 is 0 Å². The molecule has 1 fully saturated rings. The normalized spacial score (nSPS) is 17.1. The standard InChI is InChI=1S/C16H26N2O/c1-2-19-16-8-6-15(7-9-16)5-3-12-18-13-4-10-17-11-14-18/h6-9,17H,2-5,10-14H2,1H3. The summed E-state index contributed by atoms with van der Waals surface area (Å²) in [4.78, 5) is 2.58. The van der Waals surface area contributed by atoms with Gasteiger partial charge in [0.2, 0.25) is 0 Å². The Balaban J connectivity index is 1.69. The van der Waals surface area contributed by atoms with Crippen molar-refractivity contribution in [2.45, 2.75) is 26.2 Å². The zero-order valence-corrected chi connectivity index (χ0v) is 12.0. The van der Waals surface area contributed by atoms with Crippen molar-refractivity contribution in [1.82, 2.24) is 10.2 Å². The molecule has 0 spiro atoms. The van der Waals surface area contributed by atoms with E-state index in [1.54, 1.807) is 0 Å². The predicted molar refractivity (Wildman–Crippen MR) is 79.9 cm³/mol. The van der Waals surface area contributed by atoms with Crippen LogP contribution < -0.4 is 10.1 Å². The number of rotatable bonds is 6. The van der Waals surface area contributed by atoms with E-state index in [4.69, 9.17) is 4.74 Å². The Morgan fingerprint density at radius 1 is 1.16 bits per heavy atom. The van der Waals surface area contributed by atoms with E-state index >= 15 is 0 Å². The fourth-order valence-corrected chi connectivity index (χ4v) is 2.55. The maximum atomic E-state index is 5.46. The minimum absolute atomic E-state index is 0.738. The van der Waals surface area contributed by atoms with Gasteiger partial charge in [-0.25, -0.2) is 0 Å². The van der Waals surface area contributed by atoms with Crippen LogP contribution >= 0.6 is 0 Å². The fraction of sp³-hybridized carbons (Fsp3) is 0.625. The summed E-state index contributed by atoms with van der Waals surface area (Å²) in [6.45, 7) is 8.74. The average Bonchev–Trinajstić information content (AvgIpc) is 2.70. The van der Waals surface area contributed by atoms with Gasteiger partial charge in [-0.1, -0.05) is 12.1 Å². The highest BCUT2D eigenvalue weighted by atomic mass is 16.5. The van der Waals surface area contributed by atoms with Crippen LogP contribution in [0.15, 0.2) is 24.3 Å². The Bertz CT molecular complexity index is 342. The van der Waals surface area contributed by atoms with Crippen LogP contribution in [0.4, 0.5) is 0 Å². The fourth-order valence-electron chi connectivity index (χ4n) is 2.55. The molecule has 2 rings (SSSR count). The molecule has 1 heterocycles. The van der Waals surface area contributed by atoms with Crippen molar-refractivity contribution < 1.29 is 4.74 Å². The molecule has 106 valence electrons. The third-order valence-electron chi connectivity index (χ3n) is 3.61. The van der Waals surface area contributed by atoms with Crippen LogP contribution in [-0.4, -0.2) is 44.2 Å². The van der Waals surface area contributed by atoms with Gasteiger partial charge in [-0.2, -0.15) is 0 Å². The lowest BCUT2D eigenvalue weighted by atomic mass is 10.1. The predicted octanol–water partition coefficient (Wildman–Crippen LogP) is 2.31. The monoisotopic (exact) mass is 262 g/mol. The van der Waals surface area contributed by atoms with E-state index in [0.29, 0.717) is 0 Å². The molecule has 0 saturated carbocycles. The van der Waals surface area contributed by atoms with Gasteiger partial charge in [0.05, 0.1) is 6.61 Å². The van der Waals surface area contributed by atoms with Crippen molar-refractivity contribution in [1.29, 1.82) is 0 Å². The summed E-state index contributed by atoms with van der Waals surface area (Å²) >= 11 is 0. The number of hydrogen-bond acceptors (Lipinski definition) is 3. The number of ether oxygens (including phenoxy) is 1. The van der Waals surface area contributed by atoms with E-state index in [0.717, 1.165) is 25.3 Å². The Morgan fingerprint density at radius 3 is 2.79 bits per heavy atom. The van der Waals surface area contributed by atoms with E-state index in [2.05, 4.69) is 34.5 Å². The van der Waals surface area contributed by atoms with Crippen LogP contribution in [0, 0.1) is 0 Å². The lowest BCUT2D eigenvalue weighted by Gasteiger charge is -2.19. The second kappa shape index (κ2) is 8.18. The molecule has 0 bridgehead atoms. The first kappa shape index (κ1) is 14.4. The van der Waals surface area contributed by atoms with Crippen molar-refractivity contribution in [3.8, 4) is 5.75 Å². The van der Waals surface area contributed by atoms with Crippen LogP contribution in [0.3, 0.4) is 0 Å². The number of nitrogens with one attached hydrogen (secondary N) is 1. The Kier molecular flexibility index (Phi) is 6.18. The van der Waals surface area contributed by atoms with Gasteiger partial charge in [-0.3, -0.25) is 0 Å². The molecule has 1 aliphatic heterocycles. The molecule has 0 unspecified atom stereocenters. The molecule has 1 saturated heterocycles. The van der Waals surface area contributed by atoms with Gasteiger partial charge < -0.3 is 15.0 Å². The molecule has 0 aliphatic carbocycles. The highest BCUT2D eigenvalue weighted by molar-refractivity contribution is 5.27. The first-order valence-corrected chi connectivity index (χ1v) is 7.53. The zero-order chi connectivity index (χ0) is 13.3. The maximum Gasteiger partial charge on any atom is 0.119 e. The minimum atomic E-state index is 0.738. The second-order valence-electron chi connectivity index (χ2n) is 5.13. The summed E-state index contributed by atoms with van der Waals surface area (Å²) in [5, 5.41) is 3.45. The molecule has 19 heavy (non-hydrogen) atoms. The molecular formula is C16H26N2O. The molecule has 1 aromatic rings. The summed E-state index contributed by atoms with van der Waals surface area (Å²) < 4.78 is 5.46. The molecule has 0 radical (unpaired) electrons. The van der Waals surface area contributed by atoms with Crippen LogP contribution in [0.1, 0.15) is 25.3 Å². The van der Waals surface area contributed by atoms with E-state index in [9.17, 15) is 0 Å². The zero-order valence-electron chi connectivity index (χ0n) is 12.0. The lowest BCUT2D eigenvalue weighted by molar-refractivity contribution is 0.289. The summed E-state index contributed by atoms with van der Waals surface area (Å²) in [6, 6.07) is 8.54. The number of nitrogens with zero attached hydrogens (tertiary/aromatic N) is 1. The molecule has 0 atom stereocenters. The largest absolute Gasteiger partial charge is 0.494 e. The van der Waals surface area contributed by atoms with Crippen molar-refractivity contribution >= 4 is 0 Å². The summed E-state index contributed by atoms with van der Waals surface area (Å²) in [5.74, 6) is 0.977. The minimum Gasteiger partial charge on any atom is -0.494 e. The van der Waals surface area contributed by atoms with Crippen LogP contribution in [0.2, 0.25) is 0 Å². The molecule has 3 heteroatoms. The van der Waals surface area contributed by atoms with Gasteiger partial charge >= 0.3 is 0 Å². The van der Waals surface area contributed by atoms with Crippen molar-refractivity contribution in [3.63, 3.8) is 0 Å². The van der Waals surface area contributed by atoms with Gasteiger partial charge in [0.15, 0.2) is 0 Å². The summed E-state index contributed by atoms with van der Waals surface area (Å²) in [7, 11) is 0. The van der Waals surface area contributed by atoms with Crippen LogP contribution in [-0.2, 0) is 6.42 Å². The molecule has 1 aliphatic rings. The second-order valence-corrected chi connectivity index (χ2v) is 5.13. The molecule has 1 aromatic carbocycles. The van der Waals surface area contributed by atoms with Gasteiger partial charge in [0.25, 0.3) is 0 Å². The Morgan fingerprint density at radius 2 is 2.00 bits per heavy atom. The molecule has 3 nitrogen and oxygen atoms in total. The molecular weight excluding hydrogens is 236 g/mol. The highest BCUT2D eigenvalue weighted by Gasteiger charge is 2.07. The number of aryl methyl sites for hydroxylation is 1. The smallest absolute Gasteiger partial charge is 0.119 e. The highest BCUT2D eigenvalue weighted by Crippen LogP contribution is 2.13. The molecule has 0 amide bonds. The van der Waals surface area contributed by atoms with Crippen molar-refractivity contribution in [3.05, 3.63) is 29.8 Å². The third-order valence-corrected chi connectivity index (χ3v) is 3.61. The van der Waals surface area contributed by atoms with Crippen molar-refractivity contribution in [2.24, 2.45) is 0 Å². The first-order valence-electron chi connectivity index (χ1n) is 7.53. The maximum absolute atomic E-state index is 5.46. The topological polar surface area (TPSA) is 24.5 Å². The first-order chi connectivity index (χ1) is 9.38. The van der Waals surface area contributed by atoms with Gasteiger partial charge in [-0.05, 0) is 63.5 Å². The van der Waals surface area contributed by atoms with Gasteiger partial charge in [0.1, 0.15) is 5.75 Å². The van der Waals surface area contributed by atoms with E-state index in [-0.39, 0.29) is 0 Å². The third kappa shape index (κ3) is 5.21. The molecule has 1 N–H and O–H groups in total. The van der Waals surface area contributed by atoms with Crippen molar-refractivity contribution in [2.75, 3.05) is 39.3 Å². The quantitative estimate of drug-likeness (QED) is 0.851. The number of hydrogen-bond donors (Lipinski definition) is 1. The summed E-state index contributed by atoms with van der Waals surface area (Å²) in [6.07, 6.45) is 3.69.